The number of amides is 1. The van der Waals surface area contributed by atoms with Gasteiger partial charge in [-0.1, -0.05) is 0 Å². The van der Waals surface area contributed by atoms with E-state index in [4.69, 9.17) is 5.73 Å². The van der Waals surface area contributed by atoms with Gasteiger partial charge in [-0.3, -0.25) is 4.79 Å². The van der Waals surface area contributed by atoms with Gasteiger partial charge in [-0.25, -0.2) is 0 Å². The van der Waals surface area contributed by atoms with Crippen molar-refractivity contribution in [1.82, 2.24) is 5.32 Å². The molecular weight excluding hydrogens is 204 g/mol. The largest absolute Gasteiger partial charge is 0.393 e. The Labute approximate surface area is 96.6 Å². The molecule has 4 N–H and O–H groups in total. The molecule has 16 heavy (non-hydrogen) atoms. The molecule has 0 heterocycles. The van der Waals surface area contributed by atoms with E-state index in [1.807, 2.05) is 0 Å². The van der Waals surface area contributed by atoms with Crippen LogP contribution < -0.4 is 11.1 Å². The van der Waals surface area contributed by atoms with Gasteiger partial charge in [0.1, 0.15) is 0 Å². The molecule has 0 aromatic rings. The third-order valence-corrected chi connectivity index (χ3v) is 3.75. The Hall–Kier alpha value is -0.610. The highest BCUT2D eigenvalue weighted by molar-refractivity contribution is 5.76. The number of aliphatic hydroxyl groups is 1. The predicted octanol–water partition coefficient (Wildman–Crippen LogP) is 0.391. The molecule has 0 spiro atoms. The average molecular weight is 226 g/mol. The molecule has 0 radical (unpaired) electrons. The highest BCUT2D eigenvalue weighted by Gasteiger charge is 2.30. The molecule has 2 rings (SSSR count). The van der Waals surface area contributed by atoms with Gasteiger partial charge in [0.2, 0.25) is 5.91 Å². The second-order valence-electron chi connectivity index (χ2n) is 5.34. The molecule has 0 aromatic heterocycles. The summed E-state index contributed by atoms with van der Waals surface area (Å²) in [7, 11) is 0. The van der Waals surface area contributed by atoms with Crippen molar-refractivity contribution in [2.45, 2.75) is 50.7 Å². The average Bonchev–Trinajstić information content (AvgIpc) is 3.00. The summed E-state index contributed by atoms with van der Waals surface area (Å²) in [6, 6.07) is 0.0502. The van der Waals surface area contributed by atoms with Crippen molar-refractivity contribution in [1.29, 1.82) is 0 Å². The van der Waals surface area contributed by atoms with Crippen LogP contribution in [0.15, 0.2) is 0 Å². The zero-order valence-electron chi connectivity index (χ0n) is 9.69. The van der Waals surface area contributed by atoms with E-state index in [2.05, 4.69) is 5.32 Å². The summed E-state index contributed by atoms with van der Waals surface area (Å²) in [5, 5.41) is 12.3. The van der Waals surface area contributed by atoms with Crippen LogP contribution in [0.1, 0.15) is 38.5 Å². The monoisotopic (exact) mass is 226 g/mol. The minimum Gasteiger partial charge on any atom is -0.393 e. The van der Waals surface area contributed by atoms with E-state index in [9.17, 15) is 9.90 Å². The molecule has 4 nitrogen and oxygen atoms in total. The van der Waals surface area contributed by atoms with Crippen molar-refractivity contribution < 1.29 is 9.90 Å². The first kappa shape index (κ1) is 11.9. The standard InChI is InChI=1S/C12H22N2O2/c13-11(9-2-3-9)6-12(16)14-7-8-1-4-10(15)5-8/h8-11,15H,1-7,13H2,(H,14,16). The van der Waals surface area contributed by atoms with Gasteiger partial charge in [-0.2, -0.15) is 0 Å². The fourth-order valence-electron chi connectivity index (χ4n) is 2.47. The van der Waals surface area contributed by atoms with Crippen LogP contribution in [0.25, 0.3) is 0 Å². The number of carbonyl (C=O) groups excluding carboxylic acids is 1. The minimum absolute atomic E-state index is 0.0502. The van der Waals surface area contributed by atoms with E-state index in [-0.39, 0.29) is 18.1 Å². The summed E-state index contributed by atoms with van der Waals surface area (Å²) in [4.78, 5) is 11.6. The number of aliphatic hydroxyl groups excluding tert-OH is 1. The first-order chi connectivity index (χ1) is 7.65. The Morgan fingerprint density at radius 2 is 2.12 bits per heavy atom. The third kappa shape index (κ3) is 3.46. The minimum atomic E-state index is -0.157. The van der Waals surface area contributed by atoms with Crippen molar-refractivity contribution in [2.75, 3.05) is 6.54 Å². The maximum atomic E-state index is 11.6. The zero-order chi connectivity index (χ0) is 11.5. The quantitative estimate of drug-likeness (QED) is 0.635. The normalized spacial score (nSPS) is 31.4. The molecule has 0 bridgehead atoms. The Balaban J connectivity index is 1.59. The summed E-state index contributed by atoms with van der Waals surface area (Å²) in [5.74, 6) is 1.11. The van der Waals surface area contributed by atoms with Crippen LogP contribution in [0.4, 0.5) is 0 Å². The van der Waals surface area contributed by atoms with Crippen LogP contribution in [-0.4, -0.2) is 29.7 Å². The fraction of sp³-hybridized carbons (Fsp3) is 0.917. The molecule has 4 heteroatoms. The lowest BCUT2D eigenvalue weighted by atomic mass is 10.1. The Morgan fingerprint density at radius 1 is 1.38 bits per heavy atom. The van der Waals surface area contributed by atoms with Crippen molar-refractivity contribution >= 4 is 5.91 Å². The number of nitrogens with two attached hydrogens (primary N) is 1. The van der Waals surface area contributed by atoms with E-state index in [0.717, 1.165) is 19.3 Å². The molecule has 2 aliphatic rings. The maximum Gasteiger partial charge on any atom is 0.221 e. The first-order valence-electron chi connectivity index (χ1n) is 6.35. The summed E-state index contributed by atoms with van der Waals surface area (Å²) >= 11 is 0. The Kier molecular flexibility index (Phi) is 3.82. The molecule has 3 unspecified atom stereocenters. The predicted molar refractivity (Wildman–Crippen MR) is 61.7 cm³/mol. The van der Waals surface area contributed by atoms with Gasteiger partial charge < -0.3 is 16.2 Å². The topological polar surface area (TPSA) is 75.4 Å². The third-order valence-electron chi connectivity index (χ3n) is 3.75. The van der Waals surface area contributed by atoms with E-state index in [1.54, 1.807) is 0 Å². The van der Waals surface area contributed by atoms with Crippen LogP contribution in [-0.2, 0) is 4.79 Å². The molecule has 92 valence electrons. The van der Waals surface area contributed by atoms with E-state index in [1.165, 1.54) is 12.8 Å². The summed E-state index contributed by atoms with van der Waals surface area (Å²) < 4.78 is 0. The van der Waals surface area contributed by atoms with Gasteiger partial charge in [0, 0.05) is 19.0 Å². The van der Waals surface area contributed by atoms with Gasteiger partial charge in [-0.15, -0.1) is 0 Å². The number of nitrogens with one attached hydrogen (secondary N) is 1. The van der Waals surface area contributed by atoms with Crippen LogP contribution >= 0.6 is 0 Å². The van der Waals surface area contributed by atoms with Crippen LogP contribution in [0, 0.1) is 11.8 Å². The van der Waals surface area contributed by atoms with Crippen molar-refractivity contribution in [3.63, 3.8) is 0 Å². The Morgan fingerprint density at radius 3 is 2.69 bits per heavy atom. The van der Waals surface area contributed by atoms with E-state index < -0.39 is 0 Å². The molecule has 3 atom stereocenters. The van der Waals surface area contributed by atoms with Gasteiger partial charge >= 0.3 is 0 Å². The number of carbonyl (C=O) groups is 1. The smallest absolute Gasteiger partial charge is 0.221 e. The number of rotatable bonds is 5. The molecule has 1 amide bonds. The van der Waals surface area contributed by atoms with Gasteiger partial charge in [0.05, 0.1) is 6.10 Å². The second kappa shape index (κ2) is 5.15. The molecule has 2 aliphatic carbocycles. The number of hydrogen-bond acceptors (Lipinski definition) is 3. The van der Waals surface area contributed by atoms with E-state index >= 15 is 0 Å². The lowest BCUT2D eigenvalue weighted by Gasteiger charge is -2.13. The molecular formula is C12H22N2O2. The summed E-state index contributed by atoms with van der Waals surface area (Å²) in [6.07, 6.45) is 5.40. The summed E-state index contributed by atoms with van der Waals surface area (Å²) in [6.45, 7) is 0.702. The highest BCUT2D eigenvalue weighted by atomic mass is 16.3. The summed E-state index contributed by atoms with van der Waals surface area (Å²) in [5.41, 5.74) is 5.88. The first-order valence-corrected chi connectivity index (χ1v) is 6.35. The van der Waals surface area contributed by atoms with Crippen molar-refractivity contribution in [3.05, 3.63) is 0 Å². The molecule has 0 aromatic carbocycles. The number of hydrogen-bond donors (Lipinski definition) is 3. The SMILES string of the molecule is NC(CC(=O)NCC1CCC(O)C1)C1CC1. The maximum absolute atomic E-state index is 11.6. The lowest BCUT2D eigenvalue weighted by Crippen LogP contribution is -2.35. The zero-order valence-corrected chi connectivity index (χ0v) is 9.69. The van der Waals surface area contributed by atoms with Gasteiger partial charge in [-0.05, 0) is 43.9 Å². The lowest BCUT2D eigenvalue weighted by molar-refractivity contribution is -0.121. The molecule has 2 fully saturated rings. The van der Waals surface area contributed by atoms with Gasteiger partial charge in [0.15, 0.2) is 0 Å². The molecule has 0 saturated heterocycles. The van der Waals surface area contributed by atoms with Crippen LogP contribution in [0.3, 0.4) is 0 Å². The Bertz CT molecular complexity index is 253. The fourth-order valence-corrected chi connectivity index (χ4v) is 2.47. The second-order valence-corrected chi connectivity index (χ2v) is 5.34. The van der Waals surface area contributed by atoms with Crippen molar-refractivity contribution in [2.24, 2.45) is 17.6 Å². The molecule has 2 saturated carbocycles. The molecule has 0 aliphatic heterocycles. The van der Waals surface area contributed by atoms with Gasteiger partial charge in [0.25, 0.3) is 0 Å². The van der Waals surface area contributed by atoms with E-state index in [0.29, 0.717) is 24.8 Å². The van der Waals surface area contributed by atoms with Crippen LogP contribution in [0.2, 0.25) is 0 Å². The van der Waals surface area contributed by atoms with Crippen LogP contribution in [0.5, 0.6) is 0 Å². The van der Waals surface area contributed by atoms with Crippen molar-refractivity contribution in [3.8, 4) is 0 Å². The highest BCUT2D eigenvalue weighted by Crippen LogP contribution is 2.32.